The third kappa shape index (κ3) is 2.50. The number of H-pyrrole nitrogens is 1. The van der Waals surface area contributed by atoms with Crippen molar-refractivity contribution in [3.05, 3.63) is 57.3 Å². The molecule has 0 radical (unpaired) electrons. The molecular weight excluding hydrogens is 221 g/mol. The second kappa shape index (κ2) is 4.37. The van der Waals surface area contributed by atoms with Crippen LogP contribution in [0.25, 0.3) is 0 Å². The summed E-state index contributed by atoms with van der Waals surface area (Å²) in [6, 6.07) is 6.13. The van der Waals surface area contributed by atoms with Gasteiger partial charge in [-0.15, -0.1) is 0 Å². The van der Waals surface area contributed by atoms with Crippen LogP contribution in [0, 0.1) is 12.7 Å². The van der Waals surface area contributed by atoms with Crippen molar-refractivity contribution in [2.45, 2.75) is 13.3 Å². The van der Waals surface area contributed by atoms with Gasteiger partial charge in [0.05, 0.1) is 5.69 Å². The van der Waals surface area contributed by atoms with E-state index in [1.807, 2.05) is 0 Å². The zero-order valence-electron chi connectivity index (χ0n) is 9.33. The monoisotopic (exact) mass is 233 g/mol. The molecule has 0 spiro atoms. The number of rotatable bonds is 2. The van der Waals surface area contributed by atoms with Crippen LogP contribution in [-0.2, 0) is 6.42 Å². The Kier molecular flexibility index (Phi) is 2.91. The average Bonchev–Trinajstić information content (AvgIpc) is 2.23. The van der Waals surface area contributed by atoms with Crippen molar-refractivity contribution in [1.29, 1.82) is 0 Å². The van der Waals surface area contributed by atoms with Crippen LogP contribution in [0.1, 0.15) is 16.8 Å². The Labute approximate surface area is 97.3 Å². The van der Waals surface area contributed by atoms with Gasteiger partial charge in [0.2, 0.25) is 5.95 Å². The fourth-order valence-corrected chi connectivity index (χ4v) is 1.69. The highest BCUT2D eigenvalue weighted by Crippen LogP contribution is 2.10. The quantitative estimate of drug-likeness (QED) is 0.823. The Hall–Kier alpha value is -2.17. The summed E-state index contributed by atoms with van der Waals surface area (Å²) in [5.74, 6) is -0.226. The van der Waals surface area contributed by atoms with E-state index in [4.69, 9.17) is 5.73 Å². The number of aromatic amines is 1. The molecule has 5 heteroatoms. The molecule has 3 N–H and O–H groups in total. The highest BCUT2D eigenvalue weighted by molar-refractivity contribution is 5.30. The first kappa shape index (κ1) is 11.3. The molecule has 4 nitrogen and oxygen atoms in total. The normalized spacial score (nSPS) is 10.5. The largest absolute Gasteiger partial charge is 0.369 e. The highest BCUT2D eigenvalue weighted by Gasteiger charge is 2.08. The number of aromatic nitrogens is 2. The van der Waals surface area contributed by atoms with Gasteiger partial charge in [-0.2, -0.15) is 0 Å². The second-order valence-electron chi connectivity index (χ2n) is 3.82. The summed E-state index contributed by atoms with van der Waals surface area (Å²) < 4.78 is 13.0. The van der Waals surface area contributed by atoms with E-state index in [0.717, 1.165) is 5.56 Å². The number of nitrogens with zero attached hydrogens (tertiary/aromatic N) is 1. The van der Waals surface area contributed by atoms with Gasteiger partial charge in [0, 0.05) is 12.0 Å². The standard InChI is InChI=1S/C12H12FN3O/c1-7-10(11(17)16-12(14)15-7)6-8-3-2-4-9(13)5-8/h2-5H,6H2,1H3,(H3,14,15,16,17). The maximum absolute atomic E-state index is 13.0. The molecule has 17 heavy (non-hydrogen) atoms. The minimum Gasteiger partial charge on any atom is -0.369 e. The van der Waals surface area contributed by atoms with Gasteiger partial charge in [0.25, 0.3) is 5.56 Å². The zero-order valence-corrected chi connectivity index (χ0v) is 9.33. The number of nitrogen functional groups attached to an aromatic ring is 1. The van der Waals surface area contributed by atoms with Crippen molar-refractivity contribution in [2.75, 3.05) is 5.73 Å². The van der Waals surface area contributed by atoms with Crippen LogP contribution in [0.4, 0.5) is 10.3 Å². The number of benzene rings is 1. The summed E-state index contributed by atoms with van der Waals surface area (Å²) in [6.07, 6.45) is 0.339. The van der Waals surface area contributed by atoms with E-state index in [9.17, 15) is 9.18 Å². The van der Waals surface area contributed by atoms with Crippen molar-refractivity contribution < 1.29 is 4.39 Å². The zero-order chi connectivity index (χ0) is 12.4. The van der Waals surface area contributed by atoms with Gasteiger partial charge in [0.15, 0.2) is 0 Å². The molecule has 2 aromatic rings. The van der Waals surface area contributed by atoms with E-state index in [0.29, 0.717) is 17.7 Å². The average molecular weight is 233 g/mol. The van der Waals surface area contributed by atoms with E-state index in [-0.39, 0.29) is 17.3 Å². The third-order valence-electron chi connectivity index (χ3n) is 2.51. The van der Waals surface area contributed by atoms with E-state index in [1.165, 1.54) is 12.1 Å². The molecule has 0 amide bonds. The van der Waals surface area contributed by atoms with Crippen LogP contribution in [-0.4, -0.2) is 9.97 Å². The molecule has 0 saturated carbocycles. The van der Waals surface area contributed by atoms with Crippen molar-refractivity contribution in [2.24, 2.45) is 0 Å². The topological polar surface area (TPSA) is 71.8 Å². The van der Waals surface area contributed by atoms with Crippen LogP contribution in [0.3, 0.4) is 0 Å². The minimum absolute atomic E-state index is 0.0930. The summed E-state index contributed by atoms with van der Waals surface area (Å²) in [5, 5.41) is 0. The molecular formula is C12H12FN3O. The van der Waals surface area contributed by atoms with Crippen LogP contribution in [0.15, 0.2) is 29.1 Å². The molecule has 1 aromatic carbocycles. The molecule has 0 saturated heterocycles. The summed E-state index contributed by atoms with van der Waals surface area (Å²) in [6.45, 7) is 1.71. The van der Waals surface area contributed by atoms with Gasteiger partial charge in [-0.1, -0.05) is 12.1 Å². The van der Waals surface area contributed by atoms with Crippen LogP contribution >= 0.6 is 0 Å². The van der Waals surface area contributed by atoms with Gasteiger partial charge >= 0.3 is 0 Å². The van der Waals surface area contributed by atoms with E-state index < -0.39 is 0 Å². The minimum atomic E-state index is -0.319. The number of hydrogen-bond acceptors (Lipinski definition) is 3. The van der Waals surface area contributed by atoms with Gasteiger partial charge in [-0.3, -0.25) is 9.78 Å². The number of nitrogens with two attached hydrogens (primary N) is 1. The fraction of sp³-hybridized carbons (Fsp3) is 0.167. The van der Waals surface area contributed by atoms with Crippen LogP contribution in [0.2, 0.25) is 0 Å². The van der Waals surface area contributed by atoms with Gasteiger partial charge in [-0.05, 0) is 24.6 Å². The molecule has 1 heterocycles. The molecule has 2 rings (SSSR count). The SMILES string of the molecule is Cc1nc(N)[nH]c(=O)c1Cc1cccc(F)c1. The summed E-state index contributed by atoms with van der Waals surface area (Å²) in [7, 11) is 0. The second-order valence-corrected chi connectivity index (χ2v) is 3.82. The lowest BCUT2D eigenvalue weighted by molar-refractivity contribution is 0.626. The highest BCUT2D eigenvalue weighted by atomic mass is 19.1. The molecule has 0 bridgehead atoms. The lowest BCUT2D eigenvalue weighted by atomic mass is 10.1. The van der Waals surface area contributed by atoms with Gasteiger partial charge in [-0.25, -0.2) is 9.37 Å². The van der Waals surface area contributed by atoms with Gasteiger partial charge in [0.1, 0.15) is 5.82 Å². The Morgan fingerprint density at radius 1 is 1.47 bits per heavy atom. The fourth-order valence-electron chi connectivity index (χ4n) is 1.69. The third-order valence-corrected chi connectivity index (χ3v) is 2.51. The summed E-state index contributed by atoms with van der Waals surface area (Å²) >= 11 is 0. The Bertz CT molecular complexity index is 607. The predicted octanol–water partition coefficient (Wildman–Crippen LogP) is 1.39. The van der Waals surface area contributed by atoms with Crippen molar-refractivity contribution in [3.8, 4) is 0 Å². The number of anilines is 1. The number of hydrogen-bond donors (Lipinski definition) is 2. The Morgan fingerprint density at radius 2 is 2.24 bits per heavy atom. The number of aryl methyl sites for hydroxylation is 1. The molecule has 0 aliphatic heterocycles. The lowest BCUT2D eigenvalue weighted by Crippen LogP contribution is -2.18. The van der Waals surface area contributed by atoms with Crippen molar-refractivity contribution in [1.82, 2.24) is 9.97 Å². The maximum Gasteiger partial charge on any atom is 0.256 e. The predicted molar refractivity (Wildman–Crippen MR) is 63.2 cm³/mol. The van der Waals surface area contributed by atoms with Crippen molar-refractivity contribution >= 4 is 5.95 Å². The molecule has 0 aliphatic carbocycles. The maximum atomic E-state index is 13.0. The first-order chi connectivity index (χ1) is 8.06. The first-order valence-corrected chi connectivity index (χ1v) is 5.16. The summed E-state index contributed by atoms with van der Waals surface area (Å²) in [5.41, 5.74) is 6.94. The van der Waals surface area contributed by atoms with E-state index in [1.54, 1.807) is 19.1 Å². The molecule has 0 fully saturated rings. The smallest absolute Gasteiger partial charge is 0.256 e. The number of nitrogens with one attached hydrogen (secondary N) is 1. The van der Waals surface area contributed by atoms with E-state index >= 15 is 0 Å². The number of halogens is 1. The molecule has 1 aromatic heterocycles. The molecule has 88 valence electrons. The Balaban J connectivity index is 2.40. The van der Waals surface area contributed by atoms with Crippen molar-refractivity contribution in [3.63, 3.8) is 0 Å². The van der Waals surface area contributed by atoms with Crippen LogP contribution < -0.4 is 11.3 Å². The van der Waals surface area contributed by atoms with Crippen LogP contribution in [0.5, 0.6) is 0 Å². The van der Waals surface area contributed by atoms with Gasteiger partial charge < -0.3 is 5.73 Å². The molecule has 0 atom stereocenters. The molecule has 0 unspecified atom stereocenters. The first-order valence-electron chi connectivity index (χ1n) is 5.16. The molecule has 0 aliphatic rings. The summed E-state index contributed by atoms with van der Waals surface area (Å²) in [4.78, 5) is 18.1. The lowest BCUT2D eigenvalue weighted by Gasteiger charge is -2.05. The Morgan fingerprint density at radius 3 is 2.88 bits per heavy atom. The van der Waals surface area contributed by atoms with E-state index in [2.05, 4.69) is 9.97 Å².